The minimum absolute atomic E-state index is 0. The largest absolute Gasteiger partial charge is 0.330 e. The SMILES string of the molecule is CC(C)(CN)Cc1cccnc1.Cl.Cl. The highest BCUT2D eigenvalue weighted by atomic mass is 35.5. The summed E-state index contributed by atoms with van der Waals surface area (Å²) < 4.78 is 0. The van der Waals surface area contributed by atoms with Crippen LogP contribution < -0.4 is 5.73 Å². The lowest BCUT2D eigenvalue weighted by Crippen LogP contribution is -2.25. The monoisotopic (exact) mass is 236 g/mol. The lowest BCUT2D eigenvalue weighted by Gasteiger charge is -2.21. The van der Waals surface area contributed by atoms with Gasteiger partial charge in [-0.25, -0.2) is 0 Å². The number of aromatic nitrogens is 1. The van der Waals surface area contributed by atoms with Crippen LogP contribution in [0.4, 0.5) is 0 Å². The highest BCUT2D eigenvalue weighted by Gasteiger charge is 2.15. The molecule has 14 heavy (non-hydrogen) atoms. The first-order valence-corrected chi connectivity index (χ1v) is 4.23. The van der Waals surface area contributed by atoms with Crippen molar-refractivity contribution < 1.29 is 0 Å². The number of rotatable bonds is 3. The van der Waals surface area contributed by atoms with Crippen molar-refractivity contribution in [3.05, 3.63) is 30.1 Å². The summed E-state index contributed by atoms with van der Waals surface area (Å²) >= 11 is 0. The molecule has 0 aliphatic rings. The van der Waals surface area contributed by atoms with Gasteiger partial charge < -0.3 is 5.73 Å². The van der Waals surface area contributed by atoms with Gasteiger partial charge in [-0.05, 0) is 30.0 Å². The molecule has 0 saturated heterocycles. The molecule has 4 heteroatoms. The van der Waals surface area contributed by atoms with Gasteiger partial charge in [-0.2, -0.15) is 0 Å². The van der Waals surface area contributed by atoms with Crippen LogP contribution in [-0.2, 0) is 6.42 Å². The minimum atomic E-state index is 0. The number of pyridine rings is 1. The normalized spacial score (nSPS) is 9.93. The van der Waals surface area contributed by atoms with E-state index in [1.807, 2.05) is 12.3 Å². The molecule has 1 heterocycles. The standard InChI is InChI=1S/C10H16N2.2ClH/c1-10(2,8-11)6-9-4-3-5-12-7-9;;/h3-5,7H,6,8,11H2,1-2H3;2*1H. The number of hydrogen-bond acceptors (Lipinski definition) is 2. The zero-order valence-corrected chi connectivity index (χ0v) is 10.2. The first kappa shape index (κ1) is 16.1. The molecule has 0 saturated carbocycles. The van der Waals surface area contributed by atoms with Gasteiger partial charge in [0.1, 0.15) is 0 Å². The number of nitrogens with zero attached hydrogens (tertiary/aromatic N) is 1. The zero-order chi connectivity index (χ0) is 9.03. The van der Waals surface area contributed by atoms with Crippen LogP contribution in [-0.4, -0.2) is 11.5 Å². The molecule has 2 nitrogen and oxygen atoms in total. The van der Waals surface area contributed by atoms with Gasteiger partial charge in [0.2, 0.25) is 0 Å². The van der Waals surface area contributed by atoms with Gasteiger partial charge in [-0.1, -0.05) is 19.9 Å². The van der Waals surface area contributed by atoms with E-state index < -0.39 is 0 Å². The Bertz CT molecular complexity index is 237. The highest BCUT2D eigenvalue weighted by molar-refractivity contribution is 5.85. The fourth-order valence-electron chi connectivity index (χ4n) is 1.13. The number of nitrogens with two attached hydrogens (primary N) is 1. The zero-order valence-electron chi connectivity index (χ0n) is 8.56. The molecule has 0 aliphatic heterocycles. The topological polar surface area (TPSA) is 38.9 Å². The van der Waals surface area contributed by atoms with Crippen molar-refractivity contribution in [2.75, 3.05) is 6.54 Å². The summed E-state index contributed by atoms with van der Waals surface area (Å²) in [5.74, 6) is 0. The van der Waals surface area contributed by atoms with Crippen LogP contribution in [0.1, 0.15) is 19.4 Å². The van der Waals surface area contributed by atoms with Crippen LogP contribution in [0.25, 0.3) is 0 Å². The Labute approximate surface area is 98.1 Å². The van der Waals surface area contributed by atoms with Crippen molar-refractivity contribution in [1.29, 1.82) is 0 Å². The molecule has 1 aromatic rings. The van der Waals surface area contributed by atoms with E-state index in [2.05, 4.69) is 24.9 Å². The summed E-state index contributed by atoms with van der Waals surface area (Å²) in [6.07, 6.45) is 4.69. The smallest absolute Gasteiger partial charge is 0.0300 e. The van der Waals surface area contributed by atoms with Crippen molar-refractivity contribution >= 4 is 24.8 Å². The van der Waals surface area contributed by atoms with E-state index in [4.69, 9.17) is 5.73 Å². The molecular formula is C10H18Cl2N2. The molecule has 0 radical (unpaired) electrons. The first-order valence-electron chi connectivity index (χ1n) is 4.23. The van der Waals surface area contributed by atoms with Crippen molar-refractivity contribution in [2.45, 2.75) is 20.3 Å². The fourth-order valence-corrected chi connectivity index (χ4v) is 1.13. The quantitative estimate of drug-likeness (QED) is 0.876. The predicted octanol–water partition coefficient (Wildman–Crippen LogP) is 2.45. The van der Waals surface area contributed by atoms with Crippen LogP contribution in [0.2, 0.25) is 0 Å². The average molecular weight is 237 g/mol. The number of halogens is 2. The molecule has 0 aliphatic carbocycles. The summed E-state index contributed by atoms with van der Waals surface area (Å²) in [5.41, 5.74) is 7.07. The van der Waals surface area contributed by atoms with Crippen LogP contribution >= 0.6 is 24.8 Å². The van der Waals surface area contributed by atoms with Gasteiger partial charge in [-0.3, -0.25) is 4.98 Å². The lowest BCUT2D eigenvalue weighted by molar-refractivity contribution is 0.376. The van der Waals surface area contributed by atoms with E-state index in [-0.39, 0.29) is 30.2 Å². The lowest BCUT2D eigenvalue weighted by atomic mass is 9.86. The molecule has 1 aromatic heterocycles. The van der Waals surface area contributed by atoms with E-state index in [0.717, 1.165) is 6.42 Å². The van der Waals surface area contributed by atoms with Crippen molar-refractivity contribution in [3.63, 3.8) is 0 Å². The van der Waals surface area contributed by atoms with Crippen LogP contribution in [0.15, 0.2) is 24.5 Å². The van der Waals surface area contributed by atoms with Gasteiger partial charge in [0, 0.05) is 12.4 Å². The van der Waals surface area contributed by atoms with E-state index in [9.17, 15) is 0 Å². The molecule has 0 aromatic carbocycles. The molecular weight excluding hydrogens is 219 g/mol. The summed E-state index contributed by atoms with van der Waals surface area (Å²) in [6.45, 7) is 5.04. The van der Waals surface area contributed by atoms with E-state index in [0.29, 0.717) is 6.54 Å². The maximum absolute atomic E-state index is 5.63. The van der Waals surface area contributed by atoms with Gasteiger partial charge in [-0.15, -0.1) is 24.8 Å². The molecule has 1 rings (SSSR count). The summed E-state index contributed by atoms with van der Waals surface area (Å²) in [4.78, 5) is 4.06. The summed E-state index contributed by atoms with van der Waals surface area (Å²) in [6, 6.07) is 4.05. The Hall–Kier alpha value is -0.310. The Balaban J connectivity index is 0. The van der Waals surface area contributed by atoms with E-state index >= 15 is 0 Å². The van der Waals surface area contributed by atoms with Gasteiger partial charge in [0.15, 0.2) is 0 Å². The van der Waals surface area contributed by atoms with Crippen LogP contribution in [0.3, 0.4) is 0 Å². The van der Waals surface area contributed by atoms with Crippen molar-refractivity contribution in [2.24, 2.45) is 11.1 Å². The van der Waals surface area contributed by atoms with E-state index in [1.54, 1.807) is 6.20 Å². The Morgan fingerprint density at radius 2 is 2.00 bits per heavy atom. The predicted molar refractivity (Wildman–Crippen MR) is 65.3 cm³/mol. The highest BCUT2D eigenvalue weighted by Crippen LogP contribution is 2.18. The molecule has 0 amide bonds. The summed E-state index contributed by atoms with van der Waals surface area (Å²) in [7, 11) is 0. The number of hydrogen-bond donors (Lipinski definition) is 1. The molecule has 0 spiro atoms. The third-order valence-electron chi connectivity index (χ3n) is 1.96. The second kappa shape index (κ2) is 7.04. The average Bonchev–Trinajstić information content (AvgIpc) is 2.06. The van der Waals surface area contributed by atoms with Gasteiger partial charge in [0.25, 0.3) is 0 Å². The maximum Gasteiger partial charge on any atom is 0.0300 e. The molecule has 2 N–H and O–H groups in total. The van der Waals surface area contributed by atoms with Crippen LogP contribution in [0.5, 0.6) is 0 Å². The second-order valence-corrected chi connectivity index (χ2v) is 3.91. The third-order valence-corrected chi connectivity index (χ3v) is 1.96. The molecule has 0 bridgehead atoms. The van der Waals surface area contributed by atoms with Crippen LogP contribution in [0, 0.1) is 5.41 Å². The maximum atomic E-state index is 5.63. The minimum Gasteiger partial charge on any atom is -0.330 e. The van der Waals surface area contributed by atoms with Gasteiger partial charge >= 0.3 is 0 Å². The molecule has 0 unspecified atom stereocenters. The Kier molecular flexibility index (Phi) is 8.12. The summed E-state index contributed by atoms with van der Waals surface area (Å²) in [5, 5.41) is 0. The molecule has 0 atom stereocenters. The molecule has 0 fully saturated rings. The van der Waals surface area contributed by atoms with Crippen molar-refractivity contribution in [3.8, 4) is 0 Å². The van der Waals surface area contributed by atoms with E-state index in [1.165, 1.54) is 5.56 Å². The fraction of sp³-hybridized carbons (Fsp3) is 0.500. The first-order chi connectivity index (χ1) is 5.64. The van der Waals surface area contributed by atoms with Crippen molar-refractivity contribution in [1.82, 2.24) is 4.98 Å². The Morgan fingerprint density at radius 3 is 2.43 bits per heavy atom. The third kappa shape index (κ3) is 5.43. The Morgan fingerprint density at radius 1 is 1.36 bits per heavy atom. The second-order valence-electron chi connectivity index (χ2n) is 3.91. The van der Waals surface area contributed by atoms with Gasteiger partial charge in [0.05, 0.1) is 0 Å². The molecule has 82 valence electrons.